The second-order valence-electron chi connectivity index (χ2n) is 4.86. The molecule has 1 heterocycles. The highest BCUT2D eigenvalue weighted by atomic mass is 79.9. The van der Waals surface area contributed by atoms with Crippen molar-refractivity contribution >= 4 is 21.6 Å². The van der Waals surface area contributed by atoms with Crippen molar-refractivity contribution in [1.29, 1.82) is 0 Å². The summed E-state index contributed by atoms with van der Waals surface area (Å²) in [5.41, 5.74) is 9.74. The van der Waals surface area contributed by atoms with Gasteiger partial charge in [0.15, 0.2) is 5.82 Å². The van der Waals surface area contributed by atoms with E-state index in [1.165, 1.54) is 0 Å². The van der Waals surface area contributed by atoms with E-state index in [2.05, 4.69) is 31.5 Å². The zero-order chi connectivity index (χ0) is 14.8. The molecule has 0 saturated heterocycles. The number of aromatic nitrogens is 4. The maximum absolute atomic E-state index is 5.85. The lowest BCUT2D eigenvalue weighted by Crippen LogP contribution is -2.04. The number of nitrogens with zero attached hydrogens (tertiary/aromatic N) is 4. The summed E-state index contributed by atoms with van der Waals surface area (Å²) in [7, 11) is 0. The summed E-state index contributed by atoms with van der Waals surface area (Å²) in [6.07, 6.45) is 0. The molecule has 0 aliphatic heterocycles. The van der Waals surface area contributed by atoms with Gasteiger partial charge in [0.2, 0.25) is 0 Å². The van der Waals surface area contributed by atoms with Crippen molar-refractivity contribution in [3.05, 3.63) is 58.1 Å². The van der Waals surface area contributed by atoms with E-state index in [9.17, 15) is 0 Å². The summed E-state index contributed by atoms with van der Waals surface area (Å²) in [5, 5.41) is 12.0. The first-order chi connectivity index (χ1) is 10.1. The van der Waals surface area contributed by atoms with E-state index in [0.717, 1.165) is 32.7 Å². The molecule has 0 aliphatic carbocycles. The molecule has 106 valence electrons. The first-order valence-corrected chi connectivity index (χ1v) is 7.30. The SMILES string of the molecule is Cc1cc(-c2nnnn2Cc2ccc(Br)cc2)ccc1N. The molecule has 2 aromatic carbocycles. The van der Waals surface area contributed by atoms with Crippen LogP contribution in [0, 0.1) is 6.92 Å². The van der Waals surface area contributed by atoms with Crippen LogP contribution in [0.4, 0.5) is 5.69 Å². The van der Waals surface area contributed by atoms with Crippen LogP contribution in [0.5, 0.6) is 0 Å². The van der Waals surface area contributed by atoms with Crippen molar-refractivity contribution in [3.8, 4) is 11.4 Å². The van der Waals surface area contributed by atoms with Crippen molar-refractivity contribution in [2.75, 3.05) is 5.73 Å². The van der Waals surface area contributed by atoms with Gasteiger partial charge < -0.3 is 5.73 Å². The number of nitrogen functional groups attached to an aromatic ring is 1. The standard InChI is InChI=1S/C15H14BrN5/c1-10-8-12(4-7-14(10)17)15-18-19-20-21(15)9-11-2-5-13(16)6-3-11/h2-8H,9,17H2,1H3. The van der Waals surface area contributed by atoms with Crippen LogP contribution in [-0.4, -0.2) is 20.2 Å². The second-order valence-corrected chi connectivity index (χ2v) is 5.77. The van der Waals surface area contributed by atoms with E-state index in [1.807, 2.05) is 49.4 Å². The van der Waals surface area contributed by atoms with Gasteiger partial charge in [-0.1, -0.05) is 28.1 Å². The van der Waals surface area contributed by atoms with Gasteiger partial charge in [-0.15, -0.1) is 5.10 Å². The first kappa shape index (κ1) is 13.8. The van der Waals surface area contributed by atoms with Crippen LogP contribution >= 0.6 is 15.9 Å². The number of nitrogens with two attached hydrogens (primary N) is 1. The average Bonchev–Trinajstić information content (AvgIpc) is 2.92. The number of tetrazole rings is 1. The molecule has 0 aliphatic rings. The molecule has 0 amide bonds. The van der Waals surface area contributed by atoms with Crippen molar-refractivity contribution in [1.82, 2.24) is 20.2 Å². The van der Waals surface area contributed by atoms with Gasteiger partial charge in [0, 0.05) is 15.7 Å². The summed E-state index contributed by atoms with van der Waals surface area (Å²) < 4.78 is 2.84. The minimum absolute atomic E-state index is 0.624. The van der Waals surface area contributed by atoms with Gasteiger partial charge in [-0.05, 0) is 58.8 Å². The lowest BCUT2D eigenvalue weighted by Gasteiger charge is -2.07. The van der Waals surface area contributed by atoms with Gasteiger partial charge in [-0.2, -0.15) is 0 Å². The van der Waals surface area contributed by atoms with Gasteiger partial charge in [0.1, 0.15) is 0 Å². The highest BCUT2D eigenvalue weighted by Gasteiger charge is 2.10. The molecule has 3 aromatic rings. The largest absolute Gasteiger partial charge is 0.399 e. The minimum atomic E-state index is 0.624. The third kappa shape index (κ3) is 2.95. The zero-order valence-electron chi connectivity index (χ0n) is 11.5. The van der Waals surface area contributed by atoms with E-state index in [0.29, 0.717) is 6.54 Å². The summed E-state index contributed by atoms with van der Waals surface area (Å²) >= 11 is 3.43. The molecule has 3 rings (SSSR count). The smallest absolute Gasteiger partial charge is 0.182 e. The van der Waals surface area contributed by atoms with Crippen molar-refractivity contribution < 1.29 is 0 Å². The van der Waals surface area contributed by atoms with Crippen molar-refractivity contribution in [2.24, 2.45) is 0 Å². The van der Waals surface area contributed by atoms with Crippen molar-refractivity contribution in [2.45, 2.75) is 13.5 Å². The Morgan fingerprint density at radius 3 is 2.62 bits per heavy atom. The van der Waals surface area contributed by atoms with Gasteiger partial charge in [0.05, 0.1) is 6.54 Å². The maximum atomic E-state index is 5.85. The molecule has 0 bridgehead atoms. The molecule has 2 N–H and O–H groups in total. The number of hydrogen-bond donors (Lipinski definition) is 1. The van der Waals surface area contributed by atoms with Gasteiger partial charge in [-0.3, -0.25) is 0 Å². The Morgan fingerprint density at radius 2 is 1.90 bits per heavy atom. The average molecular weight is 344 g/mol. The summed E-state index contributed by atoms with van der Waals surface area (Å²) in [5.74, 6) is 0.737. The number of anilines is 1. The third-order valence-corrected chi connectivity index (χ3v) is 3.83. The van der Waals surface area contributed by atoms with Crippen LogP contribution in [0.25, 0.3) is 11.4 Å². The molecule has 5 nitrogen and oxygen atoms in total. The second kappa shape index (κ2) is 5.65. The fourth-order valence-electron chi connectivity index (χ4n) is 2.10. The third-order valence-electron chi connectivity index (χ3n) is 3.31. The van der Waals surface area contributed by atoms with Crippen LogP contribution in [0.2, 0.25) is 0 Å². The van der Waals surface area contributed by atoms with Crippen LogP contribution in [0.3, 0.4) is 0 Å². The maximum Gasteiger partial charge on any atom is 0.182 e. The van der Waals surface area contributed by atoms with Crippen LogP contribution < -0.4 is 5.73 Å². The Hall–Kier alpha value is -2.21. The lowest BCUT2D eigenvalue weighted by molar-refractivity contribution is 0.653. The normalized spacial score (nSPS) is 10.8. The molecule has 0 radical (unpaired) electrons. The van der Waals surface area contributed by atoms with Crippen LogP contribution in [0.15, 0.2) is 46.9 Å². The van der Waals surface area contributed by atoms with Crippen molar-refractivity contribution in [3.63, 3.8) is 0 Å². The first-order valence-electron chi connectivity index (χ1n) is 6.50. The zero-order valence-corrected chi connectivity index (χ0v) is 13.1. The quantitative estimate of drug-likeness (QED) is 0.742. The predicted octanol–water partition coefficient (Wildman–Crippen LogP) is 3.04. The number of halogens is 1. The molecular weight excluding hydrogens is 330 g/mol. The Bertz CT molecular complexity index is 764. The topological polar surface area (TPSA) is 69.6 Å². The Kier molecular flexibility index (Phi) is 3.70. The molecule has 0 fully saturated rings. The van der Waals surface area contributed by atoms with Crippen LogP contribution in [0.1, 0.15) is 11.1 Å². The number of aryl methyl sites for hydroxylation is 1. The number of benzene rings is 2. The number of hydrogen-bond acceptors (Lipinski definition) is 4. The van der Waals surface area contributed by atoms with Gasteiger partial charge in [-0.25, -0.2) is 4.68 Å². The predicted molar refractivity (Wildman–Crippen MR) is 85.6 cm³/mol. The van der Waals surface area contributed by atoms with Gasteiger partial charge in [0.25, 0.3) is 0 Å². The fourth-order valence-corrected chi connectivity index (χ4v) is 2.36. The Morgan fingerprint density at radius 1 is 1.14 bits per heavy atom. The molecule has 0 saturated carbocycles. The monoisotopic (exact) mass is 343 g/mol. The highest BCUT2D eigenvalue weighted by Crippen LogP contribution is 2.21. The molecule has 0 spiro atoms. The lowest BCUT2D eigenvalue weighted by atomic mass is 10.1. The van der Waals surface area contributed by atoms with Gasteiger partial charge >= 0.3 is 0 Å². The molecule has 0 atom stereocenters. The summed E-state index contributed by atoms with van der Waals surface area (Å²) in [6, 6.07) is 13.9. The van der Waals surface area contributed by atoms with Crippen LogP contribution in [-0.2, 0) is 6.54 Å². The Balaban J connectivity index is 1.93. The minimum Gasteiger partial charge on any atom is -0.399 e. The van der Waals surface area contributed by atoms with E-state index in [4.69, 9.17) is 5.73 Å². The summed E-state index contributed by atoms with van der Waals surface area (Å²) in [4.78, 5) is 0. The number of rotatable bonds is 3. The van der Waals surface area contributed by atoms with E-state index in [-0.39, 0.29) is 0 Å². The molecule has 1 aromatic heterocycles. The molecular formula is C15H14BrN5. The summed E-state index contributed by atoms with van der Waals surface area (Å²) in [6.45, 7) is 2.60. The fraction of sp³-hybridized carbons (Fsp3) is 0.133. The molecule has 6 heteroatoms. The van der Waals surface area contributed by atoms with E-state index >= 15 is 0 Å². The highest BCUT2D eigenvalue weighted by molar-refractivity contribution is 9.10. The van der Waals surface area contributed by atoms with E-state index in [1.54, 1.807) is 4.68 Å². The molecule has 21 heavy (non-hydrogen) atoms. The Labute approximate surface area is 130 Å². The van der Waals surface area contributed by atoms with E-state index < -0.39 is 0 Å². The molecule has 0 unspecified atom stereocenters.